The van der Waals surface area contributed by atoms with Gasteiger partial charge in [-0.05, 0) is 47.0 Å². The van der Waals surface area contributed by atoms with Crippen LogP contribution in [0.15, 0.2) is 27.1 Å². The molecule has 1 aliphatic heterocycles. The van der Waals surface area contributed by atoms with E-state index in [1.54, 1.807) is 11.0 Å². The number of nitrogens with one attached hydrogen (secondary N) is 1. The second-order valence-electron chi connectivity index (χ2n) is 5.08. The second kappa shape index (κ2) is 6.76. The molecule has 1 aromatic carbocycles. The van der Waals surface area contributed by atoms with Gasteiger partial charge in [0.05, 0.1) is 11.8 Å². The first kappa shape index (κ1) is 16.9. The van der Waals surface area contributed by atoms with Crippen LogP contribution in [0.2, 0.25) is 0 Å². The van der Waals surface area contributed by atoms with Gasteiger partial charge in [0.25, 0.3) is 5.91 Å². The normalized spacial score (nSPS) is 17.0. The summed E-state index contributed by atoms with van der Waals surface area (Å²) in [5.41, 5.74) is 0.618. The molecule has 1 heterocycles. The van der Waals surface area contributed by atoms with Gasteiger partial charge in [-0.15, -0.1) is 0 Å². The van der Waals surface area contributed by atoms with E-state index >= 15 is 0 Å². The number of carbonyl (C=O) groups excluding carboxylic acids is 1. The summed E-state index contributed by atoms with van der Waals surface area (Å²) in [6, 6.07) is 5.36. The molecule has 21 heavy (non-hydrogen) atoms. The standard InChI is InChI=1S/C13H16Br2N2O3S/c1-21(19,20)16-10-4-6-17(7-5-10)13(18)11-3-2-9(14)8-12(11)15/h2-3,8,10,16H,4-7H2,1H3. The van der Waals surface area contributed by atoms with Gasteiger partial charge >= 0.3 is 0 Å². The third-order valence-corrected chi connectivity index (χ3v) is 5.24. The number of likely N-dealkylation sites (tertiary alicyclic amines) is 1. The molecule has 8 heteroatoms. The molecule has 0 unspecified atom stereocenters. The second-order valence-corrected chi connectivity index (χ2v) is 8.63. The lowest BCUT2D eigenvalue weighted by molar-refractivity contribution is 0.0710. The Bertz CT molecular complexity index is 641. The molecular weight excluding hydrogens is 424 g/mol. The van der Waals surface area contributed by atoms with Crippen molar-refractivity contribution in [3.63, 3.8) is 0 Å². The molecule has 0 aromatic heterocycles. The van der Waals surface area contributed by atoms with Crippen molar-refractivity contribution in [2.24, 2.45) is 0 Å². The van der Waals surface area contributed by atoms with Gasteiger partial charge in [-0.3, -0.25) is 4.79 Å². The summed E-state index contributed by atoms with van der Waals surface area (Å²) in [7, 11) is -3.19. The van der Waals surface area contributed by atoms with Crippen molar-refractivity contribution in [3.8, 4) is 0 Å². The number of amides is 1. The van der Waals surface area contributed by atoms with Crippen LogP contribution in [-0.2, 0) is 10.0 Å². The molecule has 0 saturated carbocycles. The van der Waals surface area contributed by atoms with Crippen molar-refractivity contribution in [2.75, 3.05) is 19.3 Å². The summed E-state index contributed by atoms with van der Waals surface area (Å²) in [5.74, 6) is -0.0350. The number of rotatable bonds is 3. The van der Waals surface area contributed by atoms with Crippen LogP contribution in [0.5, 0.6) is 0 Å². The van der Waals surface area contributed by atoms with Crippen LogP contribution in [0, 0.1) is 0 Å². The van der Waals surface area contributed by atoms with Crippen molar-refractivity contribution in [1.29, 1.82) is 0 Å². The van der Waals surface area contributed by atoms with E-state index in [0.717, 1.165) is 15.2 Å². The first-order chi connectivity index (χ1) is 9.76. The topological polar surface area (TPSA) is 66.5 Å². The highest BCUT2D eigenvalue weighted by Gasteiger charge is 2.26. The summed E-state index contributed by atoms with van der Waals surface area (Å²) < 4.78 is 26.7. The van der Waals surface area contributed by atoms with E-state index in [1.165, 1.54) is 0 Å². The minimum atomic E-state index is -3.19. The molecule has 2 rings (SSSR count). The van der Waals surface area contributed by atoms with Crippen molar-refractivity contribution in [1.82, 2.24) is 9.62 Å². The van der Waals surface area contributed by atoms with E-state index in [9.17, 15) is 13.2 Å². The molecule has 0 bridgehead atoms. The van der Waals surface area contributed by atoms with E-state index in [0.29, 0.717) is 31.5 Å². The van der Waals surface area contributed by atoms with Crippen molar-refractivity contribution in [3.05, 3.63) is 32.7 Å². The fraction of sp³-hybridized carbons (Fsp3) is 0.462. The maximum atomic E-state index is 12.5. The number of benzene rings is 1. The summed E-state index contributed by atoms with van der Waals surface area (Å²) in [6.07, 6.45) is 2.42. The Labute approximate surface area is 141 Å². The van der Waals surface area contributed by atoms with Gasteiger partial charge in [0, 0.05) is 28.1 Å². The Morgan fingerprint density at radius 2 is 1.90 bits per heavy atom. The number of halogens is 2. The number of sulfonamides is 1. The Morgan fingerprint density at radius 1 is 1.29 bits per heavy atom. The van der Waals surface area contributed by atoms with Crippen LogP contribution in [0.1, 0.15) is 23.2 Å². The van der Waals surface area contributed by atoms with E-state index in [1.807, 2.05) is 12.1 Å². The number of carbonyl (C=O) groups is 1. The molecular formula is C13H16Br2N2O3S. The van der Waals surface area contributed by atoms with Gasteiger partial charge < -0.3 is 4.90 Å². The van der Waals surface area contributed by atoms with Crippen LogP contribution < -0.4 is 4.72 Å². The summed E-state index contributed by atoms with van der Waals surface area (Å²) >= 11 is 6.75. The molecule has 5 nitrogen and oxygen atoms in total. The molecule has 0 radical (unpaired) electrons. The molecule has 0 spiro atoms. The third-order valence-electron chi connectivity index (χ3n) is 3.32. The number of hydrogen-bond donors (Lipinski definition) is 1. The molecule has 116 valence electrons. The summed E-state index contributed by atoms with van der Waals surface area (Å²) in [4.78, 5) is 14.2. The quantitative estimate of drug-likeness (QED) is 0.786. The molecule has 1 aromatic rings. The Kier molecular flexibility index (Phi) is 5.45. The van der Waals surface area contributed by atoms with Gasteiger partial charge in [-0.2, -0.15) is 0 Å². The first-order valence-corrected chi connectivity index (χ1v) is 9.95. The maximum absolute atomic E-state index is 12.5. The van der Waals surface area contributed by atoms with Crippen molar-refractivity contribution >= 4 is 47.8 Å². The Hall–Kier alpha value is -0.440. The van der Waals surface area contributed by atoms with Crippen LogP contribution in [0.25, 0.3) is 0 Å². The Balaban J connectivity index is 2.00. The van der Waals surface area contributed by atoms with Gasteiger partial charge in [-0.1, -0.05) is 15.9 Å². The van der Waals surface area contributed by atoms with E-state index in [2.05, 4.69) is 36.6 Å². The maximum Gasteiger partial charge on any atom is 0.255 e. The summed E-state index contributed by atoms with van der Waals surface area (Å²) in [5, 5.41) is 0. The smallest absolute Gasteiger partial charge is 0.255 e. The largest absolute Gasteiger partial charge is 0.338 e. The summed E-state index contributed by atoms with van der Waals surface area (Å²) in [6.45, 7) is 1.10. The average molecular weight is 440 g/mol. The molecule has 0 atom stereocenters. The van der Waals surface area contributed by atoms with Gasteiger partial charge in [0.15, 0.2) is 0 Å². The number of piperidine rings is 1. The third kappa shape index (κ3) is 4.77. The van der Waals surface area contributed by atoms with Crippen LogP contribution >= 0.6 is 31.9 Å². The molecule has 1 saturated heterocycles. The SMILES string of the molecule is CS(=O)(=O)NC1CCN(C(=O)c2ccc(Br)cc2Br)CC1. The number of hydrogen-bond acceptors (Lipinski definition) is 3. The average Bonchev–Trinajstić information content (AvgIpc) is 2.37. The molecule has 1 aliphatic rings. The highest BCUT2D eigenvalue weighted by Crippen LogP contribution is 2.24. The lowest BCUT2D eigenvalue weighted by Crippen LogP contribution is -2.46. The zero-order chi connectivity index (χ0) is 15.6. The zero-order valence-corrected chi connectivity index (χ0v) is 15.5. The minimum absolute atomic E-state index is 0.0350. The monoisotopic (exact) mass is 438 g/mol. The highest BCUT2D eigenvalue weighted by atomic mass is 79.9. The fourth-order valence-corrected chi connectivity index (χ4v) is 4.39. The predicted octanol–water partition coefficient (Wildman–Crippen LogP) is 2.37. The lowest BCUT2D eigenvalue weighted by Gasteiger charge is -2.32. The molecule has 1 N–H and O–H groups in total. The van der Waals surface area contributed by atoms with Crippen LogP contribution in [-0.4, -0.2) is 44.6 Å². The minimum Gasteiger partial charge on any atom is -0.338 e. The number of nitrogens with zero attached hydrogens (tertiary/aromatic N) is 1. The molecule has 1 fully saturated rings. The van der Waals surface area contributed by atoms with Gasteiger partial charge in [0.1, 0.15) is 0 Å². The van der Waals surface area contributed by atoms with Crippen LogP contribution in [0.4, 0.5) is 0 Å². The predicted molar refractivity (Wildman–Crippen MR) is 88.7 cm³/mol. The zero-order valence-electron chi connectivity index (χ0n) is 11.5. The van der Waals surface area contributed by atoms with Gasteiger partial charge in [0.2, 0.25) is 10.0 Å². The van der Waals surface area contributed by atoms with Crippen LogP contribution in [0.3, 0.4) is 0 Å². The van der Waals surface area contributed by atoms with E-state index < -0.39 is 10.0 Å². The molecule has 1 amide bonds. The van der Waals surface area contributed by atoms with E-state index in [-0.39, 0.29) is 11.9 Å². The van der Waals surface area contributed by atoms with Crippen molar-refractivity contribution < 1.29 is 13.2 Å². The fourth-order valence-electron chi connectivity index (χ4n) is 2.34. The Morgan fingerprint density at radius 3 is 2.43 bits per heavy atom. The first-order valence-electron chi connectivity index (χ1n) is 6.48. The molecule has 0 aliphatic carbocycles. The highest BCUT2D eigenvalue weighted by molar-refractivity contribution is 9.11. The van der Waals surface area contributed by atoms with Crippen molar-refractivity contribution in [2.45, 2.75) is 18.9 Å². The van der Waals surface area contributed by atoms with E-state index in [4.69, 9.17) is 0 Å². The lowest BCUT2D eigenvalue weighted by atomic mass is 10.0. The van der Waals surface area contributed by atoms with Gasteiger partial charge in [-0.25, -0.2) is 13.1 Å².